The van der Waals surface area contributed by atoms with Gasteiger partial charge in [0.1, 0.15) is 23.3 Å². The van der Waals surface area contributed by atoms with Crippen LogP contribution in [0.1, 0.15) is 12.8 Å². The van der Waals surface area contributed by atoms with Crippen molar-refractivity contribution in [2.75, 3.05) is 26.1 Å². The van der Waals surface area contributed by atoms with Crippen LogP contribution in [-0.2, 0) is 14.9 Å². The van der Waals surface area contributed by atoms with Crippen LogP contribution in [0.2, 0.25) is 0 Å². The highest BCUT2D eigenvalue weighted by Gasteiger charge is 2.15. The van der Waals surface area contributed by atoms with Gasteiger partial charge in [0.15, 0.2) is 5.43 Å². The Hall–Kier alpha value is -2.84. The van der Waals surface area contributed by atoms with E-state index in [4.69, 9.17) is 18.1 Å². The van der Waals surface area contributed by atoms with Crippen LogP contribution >= 0.6 is 0 Å². The Labute approximate surface area is 174 Å². The fourth-order valence-corrected chi connectivity index (χ4v) is 3.85. The predicted molar refractivity (Wildman–Crippen MR) is 112 cm³/mol. The van der Waals surface area contributed by atoms with E-state index in [-0.39, 0.29) is 16.8 Å². The molecular formula is C22H22O7S. The van der Waals surface area contributed by atoms with Gasteiger partial charge in [0.05, 0.1) is 23.8 Å². The second-order valence-corrected chi connectivity index (χ2v) is 8.89. The van der Waals surface area contributed by atoms with Gasteiger partial charge in [-0.25, -0.2) is 0 Å². The smallest absolute Gasteiger partial charge is 0.306 e. The molecule has 3 aromatic rings. The molecule has 1 aromatic heterocycles. The van der Waals surface area contributed by atoms with Crippen LogP contribution in [0.5, 0.6) is 11.5 Å². The predicted octanol–water partition coefficient (Wildman–Crippen LogP) is 3.60. The van der Waals surface area contributed by atoms with Crippen LogP contribution in [0.3, 0.4) is 0 Å². The van der Waals surface area contributed by atoms with E-state index < -0.39 is 10.1 Å². The summed E-state index contributed by atoms with van der Waals surface area (Å²) in [6, 6.07) is 11.6. The quantitative estimate of drug-likeness (QED) is 0.552. The van der Waals surface area contributed by atoms with Gasteiger partial charge in [-0.15, -0.1) is 0 Å². The Morgan fingerprint density at radius 3 is 2.43 bits per heavy atom. The fraction of sp³-hybridized carbons (Fsp3) is 0.318. The number of ether oxygens (including phenoxy) is 2. The second-order valence-electron chi connectivity index (χ2n) is 7.32. The first-order chi connectivity index (χ1) is 14.4. The van der Waals surface area contributed by atoms with E-state index in [2.05, 4.69) is 0 Å². The van der Waals surface area contributed by atoms with Crippen molar-refractivity contribution in [1.29, 1.82) is 0 Å². The summed E-state index contributed by atoms with van der Waals surface area (Å²) in [5.41, 5.74) is 1.16. The maximum atomic E-state index is 12.9. The lowest BCUT2D eigenvalue weighted by molar-refractivity contribution is 0.0497. The van der Waals surface area contributed by atoms with Crippen LogP contribution in [-0.4, -0.2) is 34.5 Å². The minimum atomic E-state index is -3.66. The van der Waals surface area contributed by atoms with Crippen LogP contribution in [0.25, 0.3) is 22.1 Å². The van der Waals surface area contributed by atoms with Gasteiger partial charge in [-0.05, 0) is 48.6 Å². The molecule has 0 spiro atoms. The summed E-state index contributed by atoms with van der Waals surface area (Å²) in [4.78, 5) is 12.9. The van der Waals surface area contributed by atoms with Crippen molar-refractivity contribution < 1.29 is 26.5 Å². The van der Waals surface area contributed by atoms with Crippen molar-refractivity contribution >= 4 is 21.1 Å². The molecule has 1 fully saturated rings. The van der Waals surface area contributed by atoms with Crippen molar-refractivity contribution in [3.63, 3.8) is 0 Å². The number of rotatable bonds is 6. The lowest BCUT2D eigenvalue weighted by Gasteiger charge is -2.22. The zero-order valence-corrected chi connectivity index (χ0v) is 17.3. The van der Waals surface area contributed by atoms with Gasteiger partial charge in [-0.1, -0.05) is 12.1 Å². The van der Waals surface area contributed by atoms with Gasteiger partial charge in [-0.2, -0.15) is 8.42 Å². The first-order valence-electron chi connectivity index (χ1n) is 9.65. The fourth-order valence-electron chi connectivity index (χ4n) is 3.39. The molecule has 158 valence electrons. The maximum absolute atomic E-state index is 12.9. The Balaban J connectivity index is 1.53. The molecule has 0 radical (unpaired) electrons. The molecule has 2 aromatic carbocycles. The highest BCUT2D eigenvalue weighted by Crippen LogP contribution is 2.25. The summed E-state index contributed by atoms with van der Waals surface area (Å²) < 4.78 is 44.2. The number of hydrogen-bond acceptors (Lipinski definition) is 7. The van der Waals surface area contributed by atoms with Crippen LogP contribution in [0.4, 0.5) is 0 Å². The molecular weight excluding hydrogens is 408 g/mol. The average Bonchev–Trinajstić information content (AvgIpc) is 2.73. The van der Waals surface area contributed by atoms with E-state index in [0.29, 0.717) is 29.0 Å². The lowest BCUT2D eigenvalue weighted by Crippen LogP contribution is -2.21. The molecule has 1 aliphatic rings. The third-order valence-corrected chi connectivity index (χ3v) is 5.48. The van der Waals surface area contributed by atoms with Crippen molar-refractivity contribution in [2.24, 2.45) is 5.92 Å². The lowest BCUT2D eigenvalue weighted by atomic mass is 10.0. The van der Waals surface area contributed by atoms with E-state index in [1.807, 2.05) is 24.3 Å². The molecule has 0 atom stereocenters. The van der Waals surface area contributed by atoms with Gasteiger partial charge < -0.3 is 18.1 Å². The van der Waals surface area contributed by atoms with Gasteiger partial charge in [-0.3, -0.25) is 4.79 Å². The normalized spacial score (nSPS) is 15.2. The summed E-state index contributed by atoms with van der Waals surface area (Å²) in [5.74, 6) is 1.34. The first-order valence-corrected chi connectivity index (χ1v) is 11.5. The Bertz CT molecular complexity index is 1190. The third kappa shape index (κ3) is 4.83. The minimum Gasteiger partial charge on any atom is -0.493 e. The largest absolute Gasteiger partial charge is 0.493 e. The first kappa shape index (κ1) is 20.4. The Morgan fingerprint density at radius 1 is 1.03 bits per heavy atom. The molecule has 7 nitrogen and oxygen atoms in total. The Morgan fingerprint density at radius 2 is 1.73 bits per heavy atom. The molecule has 0 aliphatic carbocycles. The van der Waals surface area contributed by atoms with E-state index >= 15 is 0 Å². The highest BCUT2D eigenvalue weighted by molar-refractivity contribution is 7.86. The SMILES string of the molecule is CS(=O)(=O)Oc1ccc2c(=O)c(-c3ccc(OCC4CCOCC4)cc3)coc2c1. The molecule has 2 heterocycles. The van der Waals surface area contributed by atoms with Crippen molar-refractivity contribution in [3.05, 3.63) is 59.0 Å². The molecule has 0 saturated carbocycles. The van der Waals surface area contributed by atoms with Gasteiger partial charge >= 0.3 is 10.1 Å². The molecule has 4 rings (SSSR count). The summed E-state index contributed by atoms with van der Waals surface area (Å²) in [6.07, 6.45) is 4.33. The number of fused-ring (bicyclic) bond motifs is 1. The second kappa shape index (κ2) is 8.49. The summed E-state index contributed by atoms with van der Waals surface area (Å²) in [7, 11) is -3.66. The van der Waals surface area contributed by atoms with E-state index in [0.717, 1.165) is 38.1 Å². The topological polar surface area (TPSA) is 92.0 Å². The molecule has 0 bridgehead atoms. The zero-order valence-electron chi connectivity index (χ0n) is 16.5. The number of benzene rings is 2. The summed E-state index contributed by atoms with van der Waals surface area (Å²) in [5, 5.41) is 0.341. The van der Waals surface area contributed by atoms with Crippen LogP contribution in [0.15, 0.2) is 57.9 Å². The van der Waals surface area contributed by atoms with Gasteiger partial charge in [0, 0.05) is 19.3 Å². The van der Waals surface area contributed by atoms with Gasteiger partial charge in [0.25, 0.3) is 0 Å². The monoisotopic (exact) mass is 430 g/mol. The molecule has 1 saturated heterocycles. The van der Waals surface area contributed by atoms with E-state index in [9.17, 15) is 13.2 Å². The molecule has 1 aliphatic heterocycles. The maximum Gasteiger partial charge on any atom is 0.306 e. The highest BCUT2D eigenvalue weighted by atomic mass is 32.2. The van der Waals surface area contributed by atoms with Crippen molar-refractivity contribution in [3.8, 4) is 22.6 Å². The summed E-state index contributed by atoms with van der Waals surface area (Å²) in [6.45, 7) is 2.22. The summed E-state index contributed by atoms with van der Waals surface area (Å²) >= 11 is 0. The van der Waals surface area contributed by atoms with Crippen LogP contribution < -0.4 is 14.3 Å². The minimum absolute atomic E-state index is 0.0898. The molecule has 0 unspecified atom stereocenters. The average molecular weight is 430 g/mol. The van der Waals surface area contributed by atoms with Crippen molar-refractivity contribution in [1.82, 2.24) is 0 Å². The van der Waals surface area contributed by atoms with E-state index in [1.54, 1.807) is 0 Å². The molecule has 8 heteroatoms. The molecule has 30 heavy (non-hydrogen) atoms. The van der Waals surface area contributed by atoms with E-state index in [1.165, 1.54) is 24.5 Å². The molecule has 0 amide bonds. The molecule has 0 N–H and O–H groups in total. The standard InChI is InChI=1S/C22H22O7S/c1-30(24,25)29-18-6-7-19-21(12-18)28-14-20(22(19)23)16-2-4-17(5-3-16)27-13-15-8-10-26-11-9-15/h2-7,12,14-15H,8-11,13H2,1H3. The van der Waals surface area contributed by atoms with Gasteiger partial charge in [0.2, 0.25) is 0 Å². The Kier molecular flexibility index (Phi) is 5.78. The van der Waals surface area contributed by atoms with Crippen molar-refractivity contribution in [2.45, 2.75) is 12.8 Å². The van der Waals surface area contributed by atoms with Crippen LogP contribution in [0, 0.1) is 5.92 Å². The zero-order chi connectivity index (χ0) is 21.1. The third-order valence-electron chi connectivity index (χ3n) is 4.99. The number of hydrogen-bond donors (Lipinski definition) is 0.